The molecule has 0 amide bonds. The molecule has 8 aliphatic carbocycles. The van der Waals surface area contributed by atoms with E-state index in [0.29, 0.717) is 54.2 Å². The third-order valence-electron chi connectivity index (χ3n) is 11.0. The fourth-order valence-electron chi connectivity index (χ4n) is 10.5. The van der Waals surface area contributed by atoms with Crippen LogP contribution in [0.5, 0.6) is 0 Å². The van der Waals surface area contributed by atoms with E-state index in [2.05, 4.69) is 31.5 Å². The maximum Gasteiger partial charge on any atom is 0.333 e. The van der Waals surface area contributed by atoms with Crippen LogP contribution < -0.4 is 36.3 Å². The fraction of sp³-hybridized carbons (Fsp3) is 0.800. The van der Waals surface area contributed by atoms with Gasteiger partial charge in [-0.1, -0.05) is 13.2 Å². The van der Waals surface area contributed by atoms with Gasteiger partial charge in [0.05, 0.1) is 31.2 Å². The molecule has 0 radical (unpaired) electrons. The molecule has 8 aliphatic rings. The van der Waals surface area contributed by atoms with E-state index in [9.17, 15) is 14.4 Å². The molecule has 5 atom stereocenters. The molecule has 5 unspecified atom stereocenters. The average molecular weight is 688 g/mol. The summed E-state index contributed by atoms with van der Waals surface area (Å²) in [7, 11) is 0. The molecule has 46 heavy (non-hydrogen) atoms. The summed E-state index contributed by atoms with van der Waals surface area (Å²) in [6, 6.07) is 0. The van der Waals surface area contributed by atoms with Crippen LogP contribution in [0.3, 0.4) is 0 Å². The third-order valence-corrected chi connectivity index (χ3v) is 11.0. The Morgan fingerprint density at radius 3 is 1.41 bits per heavy atom. The molecule has 8 fully saturated rings. The monoisotopic (exact) mass is 686 g/mol. The van der Waals surface area contributed by atoms with E-state index in [-0.39, 0.29) is 60.0 Å². The zero-order chi connectivity index (χ0) is 31.9. The number of hydrogen-bond donors (Lipinski definition) is 2. The van der Waals surface area contributed by atoms with Crippen molar-refractivity contribution in [2.45, 2.75) is 139 Å². The van der Waals surface area contributed by atoms with E-state index < -0.39 is 11.2 Å². The first-order valence-corrected chi connectivity index (χ1v) is 17.0. The summed E-state index contributed by atoms with van der Waals surface area (Å²) in [5.41, 5.74) is 7.32. The second kappa shape index (κ2) is 14.9. The molecule has 9 nitrogen and oxygen atoms in total. The maximum atomic E-state index is 12.1. The standard InChI is InChI=1S/C18H29NO3.C17H25NO4.2ClH/c1-12(2)16(20)22-18-9-14-6-15(10-18)8-17(7-14,11-18)21-13(3)4-5-19;1-11(2)15(20)22-17-8-12-5-13(9-17)7-16(6-12,10-17)21-14(19)3-4-18;;/h13-15H,1,4-11,19H2,2-3H3;12-13H,1,3-10,18H2,2H3;2*1H. The molecule has 0 aromatic rings. The lowest BCUT2D eigenvalue weighted by atomic mass is 9.52. The lowest BCUT2D eigenvalue weighted by molar-refractivity contribution is -0.373. The average Bonchev–Trinajstić information content (AvgIpc) is 2.86. The van der Waals surface area contributed by atoms with Gasteiger partial charge in [0.15, 0.2) is 0 Å². The van der Waals surface area contributed by atoms with Crippen molar-refractivity contribution in [1.29, 1.82) is 0 Å². The zero-order valence-electron chi connectivity index (χ0n) is 28.1. The first-order chi connectivity index (χ1) is 20.7. The molecule has 8 rings (SSSR count). The third kappa shape index (κ3) is 8.49. The Balaban J connectivity index is 0.000000240. The molecule has 262 valence electrons. The van der Waals surface area contributed by atoms with Crippen LogP contribution in [-0.4, -0.2) is 59.5 Å². The van der Waals surface area contributed by atoms with Crippen LogP contribution in [0.1, 0.15) is 111 Å². The smallest absolute Gasteiger partial charge is 0.333 e. The summed E-state index contributed by atoms with van der Waals surface area (Å²) < 4.78 is 24.2. The molecule has 0 saturated heterocycles. The van der Waals surface area contributed by atoms with Crippen molar-refractivity contribution >= 4 is 17.9 Å². The van der Waals surface area contributed by atoms with Gasteiger partial charge in [-0.25, -0.2) is 9.59 Å². The molecule has 8 saturated carbocycles. The summed E-state index contributed by atoms with van der Waals surface area (Å²) in [4.78, 5) is 36.1. The minimum absolute atomic E-state index is 0. The molecule has 0 aromatic heterocycles. The molecule has 0 heterocycles. The highest BCUT2D eigenvalue weighted by atomic mass is 35.5. The Kier molecular flexibility index (Phi) is 12.5. The Labute approximate surface area is 287 Å². The second-order valence-corrected chi connectivity index (χ2v) is 15.6. The number of carbonyl (C=O) groups excluding carboxylic acids is 3. The van der Waals surface area contributed by atoms with Crippen LogP contribution in [0, 0.1) is 23.7 Å². The molecule has 8 bridgehead atoms. The molecule has 0 aliphatic heterocycles. The van der Waals surface area contributed by atoms with Gasteiger partial charge in [0, 0.05) is 30.4 Å². The van der Waals surface area contributed by atoms with Crippen molar-refractivity contribution in [1.82, 2.24) is 0 Å². The van der Waals surface area contributed by atoms with Crippen LogP contribution in [0.4, 0.5) is 0 Å². The van der Waals surface area contributed by atoms with Gasteiger partial charge in [-0.15, -0.1) is 0 Å². The van der Waals surface area contributed by atoms with Gasteiger partial charge in [-0.2, -0.15) is 0 Å². The van der Waals surface area contributed by atoms with Gasteiger partial charge in [-0.3, -0.25) is 4.79 Å². The Morgan fingerprint density at radius 1 is 0.674 bits per heavy atom. The second-order valence-electron chi connectivity index (χ2n) is 15.6. The number of halogens is 2. The van der Waals surface area contributed by atoms with Crippen LogP contribution in [0.15, 0.2) is 24.3 Å². The summed E-state index contributed by atoms with van der Waals surface area (Å²) in [5.74, 6) is 1.55. The fourth-order valence-corrected chi connectivity index (χ4v) is 10.5. The number of hydrogen-bond acceptors (Lipinski definition) is 7. The minimum atomic E-state index is -0.454. The maximum absolute atomic E-state index is 12.1. The Morgan fingerprint density at radius 2 is 1.04 bits per heavy atom. The van der Waals surface area contributed by atoms with E-state index >= 15 is 0 Å². The van der Waals surface area contributed by atoms with Gasteiger partial charge >= 0.3 is 17.9 Å². The summed E-state index contributed by atoms with van der Waals surface area (Å²) in [6.45, 7) is 14.4. The van der Waals surface area contributed by atoms with Crippen molar-refractivity contribution in [3.63, 3.8) is 0 Å². The molecule has 6 N–H and O–H groups in total. The van der Waals surface area contributed by atoms with Gasteiger partial charge in [0.25, 0.3) is 0 Å². The minimum Gasteiger partial charge on any atom is -1.00 e. The van der Waals surface area contributed by atoms with Gasteiger partial charge < -0.3 is 55.2 Å². The molecule has 0 aromatic carbocycles. The molecular formula is C35H56Cl2N2O7. The quantitative estimate of drug-likeness (QED) is 0.140. The first-order valence-electron chi connectivity index (χ1n) is 17.0. The van der Waals surface area contributed by atoms with Gasteiger partial charge in [-0.05, 0) is 109 Å². The van der Waals surface area contributed by atoms with Crippen molar-refractivity contribution < 1.29 is 69.6 Å². The lowest BCUT2D eigenvalue weighted by Gasteiger charge is -2.61. The summed E-state index contributed by atoms with van der Waals surface area (Å²) >= 11 is 0. The SMILES string of the molecule is C=C(C)C(=O)OC12CC3CC(C1)CC(OC(C)CC[NH3+])(C3)C2.C=C(C)C(=O)OC12CC3CC(CC(OC(=O)CC[NH3+])(C3)C1)C2.[Cl-].[Cl-]. The van der Waals surface area contributed by atoms with Crippen LogP contribution in [0.25, 0.3) is 0 Å². The van der Waals surface area contributed by atoms with Crippen molar-refractivity contribution in [2.75, 3.05) is 13.1 Å². The van der Waals surface area contributed by atoms with E-state index in [4.69, 9.17) is 18.9 Å². The normalized spacial score (nSPS) is 37.8. The number of rotatable bonds is 11. The number of carbonyl (C=O) groups is 3. The van der Waals surface area contributed by atoms with Crippen molar-refractivity contribution in [3.05, 3.63) is 24.3 Å². The highest BCUT2D eigenvalue weighted by Crippen LogP contribution is 2.61. The Hall–Kier alpha value is -1.65. The van der Waals surface area contributed by atoms with E-state index in [1.165, 1.54) is 12.8 Å². The number of quaternary nitrogens is 2. The van der Waals surface area contributed by atoms with E-state index in [0.717, 1.165) is 70.8 Å². The van der Waals surface area contributed by atoms with Gasteiger partial charge in [0.1, 0.15) is 16.8 Å². The van der Waals surface area contributed by atoms with E-state index in [1.807, 2.05) is 0 Å². The summed E-state index contributed by atoms with van der Waals surface area (Å²) in [5, 5.41) is 0. The van der Waals surface area contributed by atoms with Crippen LogP contribution in [0.2, 0.25) is 0 Å². The number of ether oxygens (including phenoxy) is 4. The highest BCUT2D eigenvalue weighted by Gasteiger charge is 2.62. The van der Waals surface area contributed by atoms with Crippen LogP contribution in [-0.2, 0) is 33.3 Å². The van der Waals surface area contributed by atoms with Crippen LogP contribution >= 0.6 is 0 Å². The van der Waals surface area contributed by atoms with Crippen molar-refractivity contribution in [2.24, 2.45) is 23.7 Å². The highest BCUT2D eigenvalue weighted by molar-refractivity contribution is 5.87. The Bertz CT molecular complexity index is 1150. The zero-order valence-corrected chi connectivity index (χ0v) is 29.7. The number of esters is 3. The summed E-state index contributed by atoms with van der Waals surface area (Å²) in [6.07, 6.45) is 13.5. The van der Waals surface area contributed by atoms with E-state index in [1.54, 1.807) is 13.8 Å². The lowest BCUT2D eigenvalue weighted by Crippen LogP contribution is -3.00. The molecule has 0 spiro atoms. The predicted molar refractivity (Wildman–Crippen MR) is 163 cm³/mol. The molecular weight excluding hydrogens is 631 g/mol. The largest absolute Gasteiger partial charge is 1.00 e. The van der Waals surface area contributed by atoms with Crippen molar-refractivity contribution in [3.8, 4) is 0 Å². The topological polar surface area (TPSA) is 143 Å². The predicted octanol–water partition coefficient (Wildman–Crippen LogP) is -2.39. The first kappa shape index (κ1) is 38.8. The molecule has 11 heteroatoms. The van der Waals surface area contributed by atoms with Gasteiger partial charge in [0.2, 0.25) is 0 Å².